The van der Waals surface area contributed by atoms with Gasteiger partial charge in [0.2, 0.25) is 0 Å². The molecule has 3 aromatic rings. The van der Waals surface area contributed by atoms with Gasteiger partial charge >= 0.3 is 0 Å². The highest BCUT2D eigenvalue weighted by molar-refractivity contribution is 6.51. The zero-order chi connectivity index (χ0) is 19.7. The molecule has 3 heterocycles. The van der Waals surface area contributed by atoms with Gasteiger partial charge in [-0.05, 0) is 35.9 Å². The molecule has 1 saturated heterocycles. The number of hydrogen-bond donors (Lipinski definition) is 2. The predicted molar refractivity (Wildman–Crippen MR) is 101 cm³/mol. The molecule has 0 saturated carbocycles. The summed E-state index contributed by atoms with van der Waals surface area (Å²) in [5, 5.41) is 21.1. The second-order valence-corrected chi connectivity index (χ2v) is 6.18. The van der Waals surface area contributed by atoms with Gasteiger partial charge in [-0.3, -0.25) is 24.5 Å². The van der Waals surface area contributed by atoms with Crippen LogP contribution in [0.1, 0.15) is 17.2 Å². The standard InChI is InChI=1S/C21H15N3O4/c25-16-6-2-1-5-15(16)24-18(14-4-3-9-23-12-14)17(20(27)21(24)28)19(26)13-7-10-22-11-8-13/h1-12,18,25-26H/b19-17+. The van der Waals surface area contributed by atoms with Gasteiger partial charge < -0.3 is 10.2 Å². The van der Waals surface area contributed by atoms with Crippen LogP contribution in [-0.2, 0) is 9.59 Å². The summed E-state index contributed by atoms with van der Waals surface area (Å²) in [6.45, 7) is 0. The summed E-state index contributed by atoms with van der Waals surface area (Å²) < 4.78 is 0. The van der Waals surface area contributed by atoms with E-state index in [9.17, 15) is 19.8 Å². The summed E-state index contributed by atoms with van der Waals surface area (Å²) in [6.07, 6.45) is 6.04. The van der Waals surface area contributed by atoms with Gasteiger partial charge in [-0.1, -0.05) is 18.2 Å². The van der Waals surface area contributed by atoms with Crippen LogP contribution in [0.25, 0.3) is 5.76 Å². The fourth-order valence-corrected chi connectivity index (χ4v) is 3.27. The number of carbonyl (C=O) groups is 2. The number of aromatic hydroxyl groups is 1. The summed E-state index contributed by atoms with van der Waals surface area (Å²) >= 11 is 0. The lowest BCUT2D eigenvalue weighted by atomic mass is 9.96. The topological polar surface area (TPSA) is 104 Å². The van der Waals surface area contributed by atoms with Crippen LogP contribution in [0.4, 0.5) is 5.69 Å². The number of ketones is 1. The summed E-state index contributed by atoms with van der Waals surface area (Å²) in [5.74, 6) is -2.15. The van der Waals surface area contributed by atoms with Crippen molar-refractivity contribution in [1.29, 1.82) is 0 Å². The molecule has 2 aromatic heterocycles. The minimum atomic E-state index is -0.935. The van der Waals surface area contributed by atoms with Gasteiger partial charge in [0, 0.05) is 30.4 Å². The van der Waals surface area contributed by atoms with Crippen molar-refractivity contribution in [1.82, 2.24) is 9.97 Å². The van der Waals surface area contributed by atoms with Gasteiger partial charge in [-0.15, -0.1) is 0 Å². The van der Waals surface area contributed by atoms with Gasteiger partial charge in [0.1, 0.15) is 11.5 Å². The first-order valence-electron chi connectivity index (χ1n) is 8.49. The van der Waals surface area contributed by atoms with Crippen molar-refractivity contribution in [2.45, 2.75) is 6.04 Å². The fraction of sp³-hybridized carbons (Fsp3) is 0.0476. The van der Waals surface area contributed by atoms with E-state index in [0.29, 0.717) is 11.1 Å². The number of rotatable bonds is 3. The molecule has 7 nitrogen and oxygen atoms in total. The predicted octanol–water partition coefficient (Wildman–Crippen LogP) is 2.81. The molecule has 1 aliphatic rings. The monoisotopic (exact) mass is 373 g/mol. The van der Waals surface area contributed by atoms with Crippen molar-refractivity contribution in [2.75, 3.05) is 4.90 Å². The van der Waals surface area contributed by atoms with E-state index in [0.717, 1.165) is 0 Å². The molecule has 28 heavy (non-hydrogen) atoms. The molecule has 1 aliphatic heterocycles. The van der Waals surface area contributed by atoms with E-state index in [4.69, 9.17) is 0 Å². The molecule has 1 aromatic carbocycles. The molecule has 4 rings (SSSR count). The quantitative estimate of drug-likeness (QED) is 0.416. The smallest absolute Gasteiger partial charge is 0.300 e. The average Bonchev–Trinajstić information content (AvgIpc) is 3.00. The minimum Gasteiger partial charge on any atom is -0.507 e. The number of para-hydroxylation sites is 2. The number of hydrogen-bond acceptors (Lipinski definition) is 6. The summed E-state index contributed by atoms with van der Waals surface area (Å²) in [5.41, 5.74) is 0.986. The molecule has 1 unspecified atom stereocenters. The highest BCUT2D eigenvalue weighted by Gasteiger charge is 2.47. The van der Waals surface area contributed by atoms with Gasteiger partial charge in [0.25, 0.3) is 11.7 Å². The molecule has 0 aliphatic carbocycles. The molecule has 1 fully saturated rings. The van der Waals surface area contributed by atoms with Crippen LogP contribution in [0.3, 0.4) is 0 Å². The Labute approximate surface area is 160 Å². The Kier molecular flexibility index (Phi) is 4.33. The number of benzene rings is 1. The maximum Gasteiger partial charge on any atom is 0.300 e. The SMILES string of the molecule is O=C1C(=O)N(c2ccccc2O)C(c2cccnc2)/C1=C(\O)c1ccncc1. The Morgan fingerprint density at radius 3 is 2.36 bits per heavy atom. The maximum absolute atomic E-state index is 12.9. The number of amides is 1. The molecule has 0 spiro atoms. The fourth-order valence-electron chi connectivity index (χ4n) is 3.27. The molecule has 1 atom stereocenters. The second-order valence-electron chi connectivity index (χ2n) is 6.18. The van der Waals surface area contributed by atoms with Crippen LogP contribution >= 0.6 is 0 Å². The largest absolute Gasteiger partial charge is 0.507 e. The van der Waals surface area contributed by atoms with Crippen LogP contribution < -0.4 is 4.90 Å². The number of phenols is 1. The molecular weight excluding hydrogens is 358 g/mol. The molecule has 0 bridgehead atoms. The van der Waals surface area contributed by atoms with Crippen molar-refractivity contribution in [3.8, 4) is 5.75 Å². The second kappa shape index (κ2) is 6.96. The van der Waals surface area contributed by atoms with Crippen molar-refractivity contribution < 1.29 is 19.8 Å². The van der Waals surface area contributed by atoms with Crippen molar-refractivity contribution >= 4 is 23.1 Å². The highest BCUT2D eigenvalue weighted by atomic mass is 16.3. The van der Waals surface area contributed by atoms with E-state index in [-0.39, 0.29) is 22.8 Å². The van der Waals surface area contributed by atoms with E-state index in [2.05, 4.69) is 9.97 Å². The van der Waals surface area contributed by atoms with E-state index < -0.39 is 17.7 Å². The normalized spacial score (nSPS) is 18.4. The first-order chi connectivity index (χ1) is 13.6. The third-order valence-electron chi connectivity index (χ3n) is 4.54. The van der Waals surface area contributed by atoms with Gasteiger partial charge in [0.05, 0.1) is 17.3 Å². The Morgan fingerprint density at radius 2 is 1.68 bits per heavy atom. The lowest BCUT2D eigenvalue weighted by Crippen LogP contribution is -2.29. The zero-order valence-corrected chi connectivity index (χ0v) is 14.6. The molecule has 1 amide bonds. The maximum atomic E-state index is 12.9. The molecule has 138 valence electrons. The Morgan fingerprint density at radius 1 is 0.929 bits per heavy atom. The van der Waals surface area contributed by atoms with Crippen molar-refractivity contribution in [3.63, 3.8) is 0 Å². The number of aliphatic hydroxyl groups is 1. The van der Waals surface area contributed by atoms with Crippen LogP contribution in [0.15, 0.2) is 78.9 Å². The van der Waals surface area contributed by atoms with Crippen LogP contribution in [0.2, 0.25) is 0 Å². The van der Waals surface area contributed by atoms with E-state index in [1.807, 2.05) is 0 Å². The van der Waals surface area contributed by atoms with E-state index >= 15 is 0 Å². The summed E-state index contributed by atoms with van der Waals surface area (Å²) in [7, 11) is 0. The lowest BCUT2D eigenvalue weighted by Gasteiger charge is -2.25. The number of Topliss-reactive ketones (excluding diaryl/α,β-unsaturated/α-hetero) is 1. The Hall–Kier alpha value is -4.00. The third-order valence-corrected chi connectivity index (χ3v) is 4.54. The summed E-state index contributed by atoms with van der Waals surface area (Å²) in [4.78, 5) is 34.9. The van der Waals surface area contributed by atoms with Gasteiger partial charge in [0.15, 0.2) is 0 Å². The number of nitrogens with zero attached hydrogens (tertiary/aromatic N) is 3. The number of aromatic nitrogens is 2. The van der Waals surface area contributed by atoms with Gasteiger partial charge in [-0.2, -0.15) is 0 Å². The first-order valence-corrected chi connectivity index (χ1v) is 8.49. The number of phenolic OH excluding ortho intramolecular Hbond substituents is 1. The number of pyridine rings is 2. The molecule has 2 N–H and O–H groups in total. The number of carbonyl (C=O) groups excluding carboxylic acids is 2. The van der Waals surface area contributed by atoms with Gasteiger partial charge in [-0.25, -0.2) is 0 Å². The molecule has 0 radical (unpaired) electrons. The van der Waals surface area contributed by atoms with E-state index in [1.54, 1.807) is 42.6 Å². The average molecular weight is 373 g/mol. The Balaban J connectivity index is 1.97. The third kappa shape index (κ3) is 2.79. The molecular formula is C21H15N3O4. The number of anilines is 1. The van der Waals surface area contributed by atoms with Crippen LogP contribution in [0, 0.1) is 0 Å². The minimum absolute atomic E-state index is 0.0764. The van der Waals surface area contributed by atoms with Crippen molar-refractivity contribution in [3.05, 3.63) is 90.0 Å². The van der Waals surface area contributed by atoms with Crippen LogP contribution in [0.5, 0.6) is 5.75 Å². The highest BCUT2D eigenvalue weighted by Crippen LogP contribution is 2.44. The van der Waals surface area contributed by atoms with Crippen LogP contribution in [-0.4, -0.2) is 31.9 Å². The molecule has 7 heteroatoms. The van der Waals surface area contributed by atoms with E-state index in [1.165, 1.54) is 35.6 Å². The number of aliphatic hydroxyl groups excluding tert-OH is 1. The first kappa shape index (κ1) is 17.4. The summed E-state index contributed by atoms with van der Waals surface area (Å²) in [6, 6.07) is 11.8. The van der Waals surface area contributed by atoms with Crippen molar-refractivity contribution in [2.24, 2.45) is 0 Å². The Bertz CT molecular complexity index is 1080. The zero-order valence-electron chi connectivity index (χ0n) is 14.6. The lowest BCUT2D eigenvalue weighted by molar-refractivity contribution is -0.132.